The van der Waals surface area contributed by atoms with Crippen LogP contribution in [0.4, 0.5) is 8.78 Å². The highest BCUT2D eigenvalue weighted by Gasteiger charge is 2.32. The van der Waals surface area contributed by atoms with E-state index in [-0.39, 0.29) is 10.4 Å². The van der Waals surface area contributed by atoms with E-state index in [4.69, 9.17) is 0 Å². The molecule has 16 heavy (non-hydrogen) atoms. The summed E-state index contributed by atoms with van der Waals surface area (Å²) in [6, 6.07) is 4.04. The number of rotatable bonds is 4. The molecular formula is C13H15BrF2. The smallest absolute Gasteiger partial charge is 0.129 e. The molecule has 2 unspecified atom stereocenters. The van der Waals surface area contributed by atoms with Gasteiger partial charge in [0.2, 0.25) is 0 Å². The zero-order valence-corrected chi connectivity index (χ0v) is 10.8. The SMILES string of the molecule is CC(C(Br)Cc1c(F)cccc1F)C1CC1. The molecule has 0 bridgehead atoms. The van der Waals surface area contributed by atoms with Crippen LogP contribution < -0.4 is 0 Å². The summed E-state index contributed by atoms with van der Waals surface area (Å²) < 4.78 is 26.9. The lowest BCUT2D eigenvalue weighted by Gasteiger charge is -2.18. The Labute approximate surface area is 103 Å². The molecule has 0 radical (unpaired) electrons. The van der Waals surface area contributed by atoms with Gasteiger partial charge < -0.3 is 0 Å². The maximum atomic E-state index is 13.4. The summed E-state index contributed by atoms with van der Waals surface area (Å²) in [7, 11) is 0. The molecule has 88 valence electrons. The van der Waals surface area contributed by atoms with Crippen LogP contribution >= 0.6 is 15.9 Å². The van der Waals surface area contributed by atoms with Gasteiger partial charge in [0.1, 0.15) is 11.6 Å². The first-order valence-electron chi connectivity index (χ1n) is 5.66. The molecule has 2 atom stereocenters. The van der Waals surface area contributed by atoms with E-state index in [0.29, 0.717) is 12.3 Å². The number of halogens is 3. The van der Waals surface area contributed by atoms with E-state index in [1.54, 1.807) is 0 Å². The van der Waals surface area contributed by atoms with Crippen molar-refractivity contribution in [2.75, 3.05) is 0 Å². The lowest BCUT2D eigenvalue weighted by Crippen LogP contribution is -2.17. The first kappa shape index (κ1) is 12.0. The molecule has 2 rings (SSSR count). The number of alkyl halides is 1. The zero-order valence-electron chi connectivity index (χ0n) is 9.22. The third-order valence-corrected chi connectivity index (χ3v) is 4.55. The lowest BCUT2D eigenvalue weighted by atomic mass is 9.96. The summed E-state index contributed by atoms with van der Waals surface area (Å²) in [5, 5.41) is 0. The largest absolute Gasteiger partial charge is 0.207 e. The molecule has 0 amide bonds. The van der Waals surface area contributed by atoms with Crippen molar-refractivity contribution < 1.29 is 8.78 Å². The first-order valence-corrected chi connectivity index (χ1v) is 6.58. The normalized spacial score (nSPS) is 19.5. The van der Waals surface area contributed by atoms with Gasteiger partial charge in [0.15, 0.2) is 0 Å². The van der Waals surface area contributed by atoms with E-state index in [9.17, 15) is 8.78 Å². The van der Waals surface area contributed by atoms with Crippen molar-refractivity contribution in [2.24, 2.45) is 11.8 Å². The Bertz CT molecular complexity index is 354. The van der Waals surface area contributed by atoms with Crippen molar-refractivity contribution in [1.82, 2.24) is 0 Å². The quantitative estimate of drug-likeness (QED) is 0.724. The van der Waals surface area contributed by atoms with Gasteiger partial charge in [0, 0.05) is 10.4 Å². The fourth-order valence-corrected chi connectivity index (χ4v) is 2.78. The maximum absolute atomic E-state index is 13.4. The molecule has 0 nitrogen and oxygen atoms in total. The second kappa shape index (κ2) is 4.82. The third kappa shape index (κ3) is 2.62. The number of hydrogen-bond acceptors (Lipinski definition) is 0. The molecular weight excluding hydrogens is 274 g/mol. The number of benzene rings is 1. The molecule has 0 saturated heterocycles. The van der Waals surface area contributed by atoms with Crippen LogP contribution in [0.15, 0.2) is 18.2 Å². The summed E-state index contributed by atoms with van der Waals surface area (Å²) in [6.07, 6.45) is 2.93. The van der Waals surface area contributed by atoms with Gasteiger partial charge >= 0.3 is 0 Å². The molecule has 0 aliphatic heterocycles. The van der Waals surface area contributed by atoms with Crippen LogP contribution in [0, 0.1) is 23.5 Å². The molecule has 1 aromatic carbocycles. The van der Waals surface area contributed by atoms with Crippen molar-refractivity contribution in [1.29, 1.82) is 0 Å². The van der Waals surface area contributed by atoms with E-state index < -0.39 is 11.6 Å². The molecule has 0 heterocycles. The molecule has 1 fully saturated rings. The van der Waals surface area contributed by atoms with Gasteiger partial charge in [-0.3, -0.25) is 0 Å². The van der Waals surface area contributed by atoms with E-state index >= 15 is 0 Å². The van der Waals surface area contributed by atoms with Gasteiger partial charge in [0.05, 0.1) is 0 Å². The van der Waals surface area contributed by atoms with Crippen LogP contribution in [0.1, 0.15) is 25.3 Å². The molecule has 1 aliphatic carbocycles. The average molecular weight is 289 g/mol. The van der Waals surface area contributed by atoms with E-state index in [1.165, 1.54) is 31.0 Å². The topological polar surface area (TPSA) is 0 Å². The van der Waals surface area contributed by atoms with Crippen molar-refractivity contribution in [3.63, 3.8) is 0 Å². The molecule has 0 spiro atoms. The lowest BCUT2D eigenvalue weighted by molar-refractivity contribution is 0.473. The molecule has 1 aromatic rings. The Morgan fingerprint density at radius 3 is 2.38 bits per heavy atom. The minimum Gasteiger partial charge on any atom is -0.207 e. The van der Waals surface area contributed by atoms with Crippen LogP contribution in [0.5, 0.6) is 0 Å². The van der Waals surface area contributed by atoms with E-state index in [1.807, 2.05) is 0 Å². The van der Waals surface area contributed by atoms with Gasteiger partial charge in [-0.2, -0.15) is 0 Å². The Balaban J connectivity index is 2.07. The van der Waals surface area contributed by atoms with Crippen molar-refractivity contribution in [3.8, 4) is 0 Å². The Kier molecular flexibility index (Phi) is 3.63. The summed E-state index contributed by atoms with van der Waals surface area (Å²) in [4.78, 5) is 0.159. The van der Waals surface area contributed by atoms with Gasteiger partial charge in [-0.05, 0) is 43.2 Å². The monoisotopic (exact) mass is 288 g/mol. The van der Waals surface area contributed by atoms with Crippen molar-refractivity contribution in [2.45, 2.75) is 31.0 Å². The van der Waals surface area contributed by atoms with Crippen LogP contribution in [-0.4, -0.2) is 4.83 Å². The minimum atomic E-state index is -0.438. The second-order valence-electron chi connectivity index (χ2n) is 4.62. The second-order valence-corrected chi connectivity index (χ2v) is 5.79. The standard InChI is InChI=1S/C13H15BrF2/c1-8(9-5-6-9)11(14)7-10-12(15)3-2-4-13(10)16/h2-4,8-9,11H,5-7H2,1H3. The first-order chi connectivity index (χ1) is 7.59. The Morgan fingerprint density at radius 2 is 1.88 bits per heavy atom. The van der Waals surface area contributed by atoms with Crippen LogP contribution in [-0.2, 0) is 6.42 Å². The summed E-state index contributed by atoms with van der Waals surface area (Å²) >= 11 is 3.56. The molecule has 3 heteroatoms. The molecule has 1 saturated carbocycles. The highest BCUT2D eigenvalue weighted by atomic mass is 79.9. The summed E-state index contributed by atoms with van der Waals surface area (Å²) in [5.41, 5.74) is 0.205. The Hall–Kier alpha value is -0.440. The minimum absolute atomic E-state index is 0.159. The molecule has 0 aromatic heterocycles. The van der Waals surface area contributed by atoms with Gasteiger partial charge in [-0.15, -0.1) is 0 Å². The maximum Gasteiger partial charge on any atom is 0.129 e. The van der Waals surface area contributed by atoms with Crippen LogP contribution in [0.25, 0.3) is 0 Å². The van der Waals surface area contributed by atoms with E-state index in [0.717, 1.165) is 5.92 Å². The fraction of sp³-hybridized carbons (Fsp3) is 0.538. The molecule has 1 aliphatic rings. The Morgan fingerprint density at radius 1 is 1.31 bits per heavy atom. The fourth-order valence-electron chi connectivity index (χ4n) is 2.03. The van der Waals surface area contributed by atoms with Gasteiger partial charge in [-0.1, -0.05) is 28.9 Å². The van der Waals surface area contributed by atoms with Crippen LogP contribution in [0.3, 0.4) is 0 Å². The summed E-state index contributed by atoms with van der Waals surface area (Å²) in [6.45, 7) is 2.15. The third-order valence-electron chi connectivity index (χ3n) is 3.40. The van der Waals surface area contributed by atoms with Gasteiger partial charge in [-0.25, -0.2) is 8.78 Å². The van der Waals surface area contributed by atoms with E-state index in [2.05, 4.69) is 22.9 Å². The van der Waals surface area contributed by atoms with Crippen molar-refractivity contribution in [3.05, 3.63) is 35.4 Å². The molecule has 0 N–H and O–H groups in total. The highest BCUT2D eigenvalue weighted by Crippen LogP contribution is 2.41. The predicted molar refractivity (Wildman–Crippen MR) is 64.7 cm³/mol. The van der Waals surface area contributed by atoms with Gasteiger partial charge in [0.25, 0.3) is 0 Å². The summed E-state index contributed by atoms with van der Waals surface area (Å²) in [5.74, 6) is 0.345. The number of hydrogen-bond donors (Lipinski definition) is 0. The van der Waals surface area contributed by atoms with Crippen molar-refractivity contribution >= 4 is 15.9 Å². The zero-order chi connectivity index (χ0) is 11.7. The predicted octanol–water partition coefficient (Wildman–Crippen LogP) is 4.32. The average Bonchev–Trinajstić information content (AvgIpc) is 3.06. The van der Waals surface area contributed by atoms with Crippen LogP contribution in [0.2, 0.25) is 0 Å². The highest BCUT2D eigenvalue weighted by molar-refractivity contribution is 9.09.